The van der Waals surface area contributed by atoms with Gasteiger partial charge >= 0.3 is 0 Å². The Kier molecular flexibility index (Phi) is 3.83. The van der Waals surface area contributed by atoms with Crippen molar-refractivity contribution < 1.29 is 8.42 Å². The molecule has 6 heteroatoms. The molecule has 0 aromatic heterocycles. The van der Waals surface area contributed by atoms with Gasteiger partial charge in [-0.3, -0.25) is 0 Å². The monoisotopic (exact) mass is 352 g/mol. The molecular formula is C10H13IN2O2S. The topological polar surface area (TPSA) is 58.2 Å². The van der Waals surface area contributed by atoms with Gasteiger partial charge in [-0.05, 0) is 59.8 Å². The van der Waals surface area contributed by atoms with Crippen LogP contribution in [-0.4, -0.2) is 27.5 Å². The lowest BCUT2D eigenvalue weighted by Crippen LogP contribution is -2.36. The lowest BCUT2D eigenvalue weighted by atomic mass is 10.3. The van der Waals surface area contributed by atoms with E-state index in [1.807, 2.05) is 0 Å². The third-order valence-electron chi connectivity index (χ3n) is 2.51. The molecule has 1 heterocycles. The van der Waals surface area contributed by atoms with Crippen LogP contribution in [-0.2, 0) is 10.0 Å². The summed E-state index contributed by atoms with van der Waals surface area (Å²) in [4.78, 5) is 0.333. The number of halogens is 1. The van der Waals surface area contributed by atoms with Crippen LogP contribution < -0.4 is 10.0 Å². The molecule has 2 rings (SSSR count). The van der Waals surface area contributed by atoms with Crippen LogP contribution in [0.15, 0.2) is 29.2 Å². The van der Waals surface area contributed by atoms with Gasteiger partial charge in [0.15, 0.2) is 0 Å². The van der Waals surface area contributed by atoms with E-state index in [1.54, 1.807) is 24.3 Å². The van der Waals surface area contributed by atoms with Crippen molar-refractivity contribution in [1.82, 2.24) is 10.0 Å². The van der Waals surface area contributed by atoms with Gasteiger partial charge in [0.05, 0.1) is 4.90 Å². The molecule has 0 radical (unpaired) electrons. The largest absolute Gasteiger partial charge is 0.315 e. The Morgan fingerprint density at radius 1 is 1.31 bits per heavy atom. The zero-order valence-corrected chi connectivity index (χ0v) is 11.6. The quantitative estimate of drug-likeness (QED) is 0.796. The standard InChI is InChI=1S/C10H13IN2O2S/c11-8-1-3-10(4-2-8)16(14,15)13-9-5-6-12-7-9/h1-4,9,12-13H,5-7H2. The molecule has 0 amide bonds. The molecule has 2 N–H and O–H groups in total. The van der Waals surface area contributed by atoms with Crippen molar-refractivity contribution in [3.63, 3.8) is 0 Å². The van der Waals surface area contributed by atoms with E-state index in [2.05, 4.69) is 32.6 Å². The highest BCUT2D eigenvalue weighted by Gasteiger charge is 2.22. The number of benzene rings is 1. The lowest BCUT2D eigenvalue weighted by Gasteiger charge is -2.11. The van der Waals surface area contributed by atoms with Crippen LogP contribution in [0.4, 0.5) is 0 Å². The van der Waals surface area contributed by atoms with E-state index < -0.39 is 10.0 Å². The van der Waals surface area contributed by atoms with Crippen LogP contribution >= 0.6 is 22.6 Å². The molecule has 88 valence electrons. The fourth-order valence-corrected chi connectivity index (χ4v) is 3.29. The highest BCUT2D eigenvalue weighted by molar-refractivity contribution is 14.1. The number of hydrogen-bond donors (Lipinski definition) is 2. The van der Waals surface area contributed by atoms with Crippen LogP contribution in [0, 0.1) is 3.57 Å². The Bertz CT molecular complexity index is 452. The van der Waals surface area contributed by atoms with Gasteiger partial charge < -0.3 is 5.32 Å². The fourth-order valence-electron chi connectivity index (χ4n) is 1.66. The summed E-state index contributed by atoms with van der Waals surface area (Å²) in [6, 6.07) is 6.87. The Morgan fingerprint density at radius 3 is 2.56 bits per heavy atom. The van der Waals surface area contributed by atoms with Gasteiger partial charge in [0, 0.05) is 16.2 Å². The van der Waals surface area contributed by atoms with E-state index in [1.165, 1.54) is 0 Å². The Hall–Kier alpha value is -0.180. The molecular weight excluding hydrogens is 339 g/mol. The van der Waals surface area contributed by atoms with Crippen molar-refractivity contribution in [3.05, 3.63) is 27.8 Å². The van der Waals surface area contributed by atoms with Crippen molar-refractivity contribution in [2.24, 2.45) is 0 Å². The minimum absolute atomic E-state index is 0.0179. The summed E-state index contributed by atoms with van der Waals surface area (Å²) >= 11 is 2.15. The zero-order chi connectivity index (χ0) is 11.6. The smallest absolute Gasteiger partial charge is 0.240 e. The van der Waals surface area contributed by atoms with Gasteiger partial charge in [-0.1, -0.05) is 0 Å². The summed E-state index contributed by atoms with van der Waals surface area (Å²) < 4.78 is 27.6. The average molecular weight is 352 g/mol. The Labute approximate surface area is 109 Å². The predicted octanol–water partition coefficient (Wildman–Crippen LogP) is 0.931. The summed E-state index contributed by atoms with van der Waals surface area (Å²) in [5.74, 6) is 0. The van der Waals surface area contributed by atoms with Crippen molar-refractivity contribution >= 4 is 32.6 Å². The van der Waals surface area contributed by atoms with E-state index in [9.17, 15) is 8.42 Å². The summed E-state index contributed by atoms with van der Waals surface area (Å²) in [5.41, 5.74) is 0. The molecule has 1 aromatic carbocycles. The first kappa shape index (κ1) is 12.3. The van der Waals surface area contributed by atoms with Crippen molar-refractivity contribution in [3.8, 4) is 0 Å². The molecule has 1 aliphatic heterocycles. The van der Waals surface area contributed by atoms with Gasteiger partial charge in [-0.25, -0.2) is 13.1 Å². The second-order valence-electron chi connectivity index (χ2n) is 3.76. The van der Waals surface area contributed by atoms with Crippen molar-refractivity contribution in [2.75, 3.05) is 13.1 Å². The second kappa shape index (κ2) is 4.99. The molecule has 1 atom stereocenters. The molecule has 0 spiro atoms. The maximum Gasteiger partial charge on any atom is 0.240 e. The van der Waals surface area contributed by atoms with E-state index in [0.29, 0.717) is 11.4 Å². The molecule has 0 saturated carbocycles. The van der Waals surface area contributed by atoms with Gasteiger partial charge in [-0.15, -0.1) is 0 Å². The molecule has 1 saturated heterocycles. The number of hydrogen-bond acceptors (Lipinski definition) is 3. The normalized spacial score (nSPS) is 21.2. The zero-order valence-electron chi connectivity index (χ0n) is 8.61. The Balaban J connectivity index is 2.14. The minimum atomic E-state index is -3.35. The fraction of sp³-hybridized carbons (Fsp3) is 0.400. The first-order valence-electron chi connectivity index (χ1n) is 5.06. The van der Waals surface area contributed by atoms with E-state index in [4.69, 9.17) is 0 Å². The Morgan fingerprint density at radius 2 is 2.00 bits per heavy atom. The second-order valence-corrected chi connectivity index (χ2v) is 6.72. The minimum Gasteiger partial charge on any atom is -0.315 e. The van der Waals surface area contributed by atoms with E-state index in [-0.39, 0.29) is 6.04 Å². The van der Waals surface area contributed by atoms with Gasteiger partial charge in [0.1, 0.15) is 0 Å². The maximum absolute atomic E-state index is 12.0. The van der Waals surface area contributed by atoms with Crippen LogP contribution in [0.2, 0.25) is 0 Å². The first-order valence-corrected chi connectivity index (χ1v) is 7.63. The van der Waals surface area contributed by atoms with Gasteiger partial charge in [-0.2, -0.15) is 0 Å². The molecule has 1 fully saturated rings. The molecule has 1 aliphatic rings. The molecule has 4 nitrogen and oxygen atoms in total. The molecule has 0 aliphatic carbocycles. The summed E-state index contributed by atoms with van der Waals surface area (Å²) in [7, 11) is -3.35. The maximum atomic E-state index is 12.0. The molecule has 16 heavy (non-hydrogen) atoms. The predicted molar refractivity (Wildman–Crippen MR) is 70.8 cm³/mol. The van der Waals surface area contributed by atoms with Crippen molar-refractivity contribution in [1.29, 1.82) is 0 Å². The third kappa shape index (κ3) is 2.93. The number of sulfonamides is 1. The van der Waals surface area contributed by atoms with Crippen LogP contribution in [0.3, 0.4) is 0 Å². The summed E-state index contributed by atoms with van der Waals surface area (Å²) in [5, 5.41) is 3.13. The van der Waals surface area contributed by atoms with Gasteiger partial charge in [0.25, 0.3) is 0 Å². The highest BCUT2D eigenvalue weighted by Crippen LogP contribution is 2.13. The number of nitrogens with one attached hydrogen (secondary N) is 2. The summed E-state index contributed by atoms with van der Waals surface area (Å²) in [6.45, 7) is 1.59. The average Bonchev–Trinajstić information content (AvgIpc) is 2.70. The highest BCUT2D eigenvalue weighted by atomic mass is 127. The van der Waals surface area contributed by atoms with Gasteiger partial charge in [0.2, 0.25) is 10.0 Å². The molecule has 1 aromatic rings. The molecule has 0 bridgehead atoms. The summed E-state index contributed by atoms with van der Waals surface area (Å²) in [6.07, 6.45) is 0.851. The SMILES string of the molecule is O=S(=O)(NC1CCNC1)c1ccc(I)cc1. The van der Waals surface area contributed by atoms with Crippen LogP contribution in [0.25, 0.3) is 0 Å². The number of rotatable bonds is 3. The van der Waals surface area contributed by atoms with E-state index >= 15 is 0 Å². The molecule has 1 unspecified atom stereocenters. The van der Waals surface area contributed by atoms with Crippen molar-refractivity contribution in [2.45, 2.75) is 17.4 Å². The first-order chi connectivity index (χ1) is 7.58. The van der Waals surface area contributed by atoms with E-state index in [0.717, 1.165) is 16.5 Å². The van der Waals surface area contributed by atoms with Crippen LogP contribution in [0.5, 0.6) is 0 Å². The van der Waals surface area contributed by atoms with Crippen LogP contribution in [0.1, 0.15) is 6.42 Å². The third-order valence-corrected chi connectivity index (χ3v) is 4.76. The lowest BCUT2D eigenvalue weighted by molar-refractivity contribution is 0.560.